The summed E-state index contributed by atoms with van der Waals surface area (Å²) in [6.45, 7) is 2.01. The Morgan fingerprint density at radius 3 is 2.53 bits per heavy atom. The first-order chi connectivity index (χ1) is 9.10. The summed E-state index contributed by atoms with van der Waals surface area (Å²) in [6.07, 6.45) is 1.30. The number of benzene rings is 1. The lowest BCUT2D eigenvalue weighted by molar-refractivity contribution is 0.0986. The second kappa shape index (κ2) is 6.35. The first-order valence-corrected chi connectivity index (χ1v) is 7.63. The smallest absolute Gasteiger partial charge is 0.173 e. The summed E-state index contributed by atoms with van der Waals surface area (Å²) in [4.78, 5) is 14.0. The molecule has 0 amide bonds. The van der Waals surface area contributed by atoms with Crippen LogP contribution in [0.25, 0.3) is 0 Å². The third-order valence-corrected chi connectivity index (χ3v) is 5.11. The number of methoxy groups -OCH3 is 1. The highest BCUT2D eigenvalue weighted by Crippen LogP contribution is 2.27. The van der Waals surface area contributed by atoms with Crippen molar-refractivity contribution in [1.29, 1.82) is 0 Å². The van der Waals surface area contributed by atoms with Crippen LogP contribution in [-0.4, -0.2) is 12.9 Å². The topological polar surface area (TPSA) is 26.3 Å². The summed E-state index contributed by atoms with van der Waals surface area (Å²) < 4.78 is 6.13. The number of carbonyl (C=O) groups excluding carboxylic acids is 1. The molecule has 0 aliphatic heterocycles. The Morgan fingerprint density at radius 1 is 1.32 bits per heavy atom. The molecule has 0 saturated heterocycles. The maximum Gasteiger partial charge on any atom is 0.173 e. The third kappa shape index (κ3) is 3.67. The Hall–Kier alpha value is -1.13. The predicted molar refractivity (Wildman–Crippen MR) is 82.4 cm³/mol. The van der Waals surface area contributed by atoms with Crippen LogP contribution >= 0.6 is 27.3 Å². The molecular formula is C15H15BrO2S. The van der Waals surface area contributed by atoms with Gasteiger partial charge in [0, 0.05) is 15.8 Å². The molecule has 0 unspecified atom stereocenters. The number of carbonyl (C=O) groups is 1. The van der Waals surface area contributed by atoms with E-state index in [1.54, 1.807) is 18.4 Å². The van der Waals surface area contributed by atoms with Crippen LogP contribution in [-0.2, 0) is 6.42 Å². The summed E-state index contributed by atoms with van der Waals surface area (Å²) in [5.41, 5.74) is 1.15. The van der Waals surface area contributed by atoms with Crippen LogP contribution < -0.4 is 4.74 Å². The Morgan fingerprint density at radius 2 is 2.00 bits per heavy atom. The van der Waals surface area contributed by atoms with Gasteiger partial charge in [0.25, 0.3) is 0 Å². The summed E-state index contributed by atoms with van der Waals surface area (Å²) >= 11 is 4.99. The van der Waals surface area contributed by atoms with Gasteiger partial charge in [-0.1, -0.05) is 12.1 Å². The summed E-state index contributed by atoms with van der Waals surface area (Å²) in [5, 5.41) is 0. The second-order valence-electron chi connectivity index (χ2n) is 4.29. The molecule has 0 fully saturated rings. The molecule has 0 aliphatic carbocycles. The number of aryl methyl sites for hydroxylation is 2. The molecule has 0 atom stereocenters. The third-order valence-electron chi connectivity index (χ3n) is 2.93. The minimum absolute atomic E-state index is 0.203. The molecule has 0 bridgehead atoms. The zero-order valence-electron chi connectivity index (χ0n) is 10.9. The molecule has 1 heterocycles. The van der Waals surface area contributed by atoms with E-state index in [1.165, 1.54) is 0 Å². The summed E-state index contributed by atoms with van der Waals surface area (Å²) in [7, 11) is 1.65. The van der Waals surface area contributed by atoms with Crippen molar-refractivity contribution < 1.29 is 9.53 Å². The van der Waals surface area contributed by atoms with Gasteiger partial charge < -0.3 is 4.74 Å². The van der Waals surface area contributed by atoms with Crippen molar-refractivity contribution in [2.75, 3.05) is 7.11 Å². The van der Waals surface area contributed by atoms with Gasteiger partial charge in [-0.2, -0.15) is 0 Å². The maximum absolute atomic E-state index is 12.1. The Labute approximate surface area is 125 Å². The molecule has 1 aromatic heterocycles. The van der Waals surface area contributed by atoms with Gasteiger partial charge in [0.2, 0.25) is 0 Å². The fraction of sp³-hybridized carbons (Fsp3) is 0.267. The van der Waals surface area contributed by atoms with Gasteiger partial charge in [-0.15, -0.1) is 11.3 Å². The fourth-order valence-corrected chi connectivity index (χ4v) is 3.27. The van der Waals surface area contributed by atoms with Crippen molar-refractivity contribution in [3.63, 3.8) is 0 Å². The lowest BCUT2D eigenvalue weighted by Gasteiger charge is -2.02. The van der Waals surface area contributed by atoms with Crippen LogP contribution in [0.15, 0.2) is 34.8 Å². The number of Topliss-reactive ketones (excluding diaryl/α,β-unsaturated/α-hetero) is 1. The second-order valence-corrected chi connectivity index (χ2v) is 6.40. The van der Waals surface area contributed by atoms with Gasteiger partial charge in [0.1, 0.15) is 5.75 Å². The average molecular weight is 339 g/mol. The van der Waals surface area contributed by atoms with Crippen molar-refractivity contribution in [2.45, 2.75) is 19.8 Å². The number of halogens is 1. The highest BCUT2D eigenvalue weighted by Gasteiger charge is 2.11. The molecule has 0 saturated carbocycles. The normalized spacial score (nSPS) is 10.5. The molecule has 0 aliphatic rings. The minimum atomic E-state index is 0.203. The number of thiophene rings is 1. The number of hydrogen-bond acceptors (Lipinski definition) is 3. The average Bonchev–Trinajstić information content (AvgIpc) is 2.77. The molecule has 1 aromatic carbocycles. The quantitative estimate of drug-likeness (QED) is 0.742. The van der Waals surface area contributed by atoms with Crippen molar-refractivity contribution in [3.05, 3.63) is 50.1 Å². The molecule has 0 radical (unpaired) electrons. The number of ketones is 1. The van der Waals surface area contributed by atoms with Crippen LogP contribution in [0.1, 0.15) is 26.5 Å². The van der Waals surface area contributed by atoms with Crippen molar-refractivity contribution in [2.24, 2.45) is 0 Å². The zero-order chi connectivity index (χ0) is 13.8. The summed E-state index contributed by atoms with van der Waals surface area (Å²) in [6, 6.07) is 9.76. The molecular weight excluding hydrogens is 324 g/mol. The largest absolute Gasteiger partial charge is 0.497 e. The van der Waals surface area contributed by atoms with E-state index >= 15 is 0 Å². The number of ether oxygens (including phenoxy) is 1. The van der Waals surface area contributed by atoms with E-state index in [0.29, 0.717) is 6.42 Å². The lowest BCUT2D eigenvalue weighted by Crippen LogP contribution is -1.98. The highest BCUT2D eigenvalue weighted by molar-refractivity contribution is 9.10. The number of rotatable bonds is 5. The first kappa shape index (κ1) is 14.3. The van der Waals surface area contributed by atoms with Crippen LogP contribution in [0, 0.1) is 6.92 Å². The number of hydrogen-bond donors (Lipinski definition) is 0. The van der Waals surface area contributed by atoms with Crippen LogP contribution in [0.5, 0.6) is 5.75 Å². The molecule has 2 rings (SSSR count). The Kier molecular flexibility index (Phi) is 4.77. The van der Waals surface area contributed by atoms with Gasteiger partial charge >= 0.3 is 0 Å². The van der Waals surface area contributed by atoms with Gasteiger partial charge in [-0.25, -0.2) is 0 Å². The van der Waals surface area contributed by atoms with E-state index in [4.69, 9.17) is 4.74 Å². The summed E-state index contributed by atoms with van der Waals surface area (Å²) in [5.74, 6) is 1.04. The Bertz CT molecular complexity index is 553. The monoisotopic (exact) mass is 338 g/mol. The Balaban J connectivity index is 1.96. The minimum Gasteiger partial charge on any atom is -0.497 e. The zero-order valence-corrected chi connectivity index (χ0v) is 13.3. The van der Waals surface area contributed by atoms with Gasteiger partial charge in [-0.3, -0.25) is 4.79 Å². The van der Waals surface area contributed by atoms with E-state index < -0.39 is 0 Å². The molecule has 100 valence electrons. The van der Waals surface area contributed by atoms with Crippen LogP contribution in [0.2, 0.25) is 0 Å². The standard InChI is InChI=1S/C15H15BrO2S/c1-10-13(16)9-15(19-10)14(17)8-5-11-3-6-12(18-2)7-4-11/h3-4,6-7,9H,5,8H2,1-2H3. The maximum atomic E-state index is 12.1. The van der Waals surface area contributed by atoms with E-state index in [2.05, 4.69) is 15.9 Å². The van der Waals surface area contributed by atoms with Crippen LogP contribution in [0.4, 0.5) is 0 Å². The molecule has 4 heteroatoms. The van der Waals surface area contributed by atoms with E-state index in [0.717, 1.165) is 32.0 Å². The van der Waals surface area contributed by atoms with Gasteiger partial charge in [0.15, 0.2) is 5.78 Å². The van der Waals surface area contributed by atoms with E-state index in [-0.39, 0.29) is 5.78 Å². The predicted octanol–water partition coefficient (Wildman–Crippen LogP) is 4.64. The molecule has 2 aromatic rings. The van der Waals surface area contributed by atoms with Crippen molar-refractivity contribution in [3.8, 4) is 5.75 Å². The van der Waals surface area contributed by atoms with Gasteiger partial charge in [-0.05, 0) is 53.0 Å². The van der Waals surface area contributed by atoms with Crippen LogP contribution in [0.3, 0.4) is 0 Å². The molecule has 2 nitrogen and oxygen atoms in total. The first-order valence-electron chi connectivity index (χ1n) is 6.02. The molecule has 19 heavy (non-hydrogen) atoms. The van der Waals surface area contributed by atoms with Crippen molar-refractivity contribution in [1.82, 2.24) is 0 Å². The SMILES string of the molecule is COc1ccc(CCC(=O)c2cc(Br)c(C)s2)cc1. The van der Waals surface area contributed by atoms with Crippen molar-refractivity contribution >= 4 is 33.0 Å². The van der Waals surface area contributed by atoms with E-state index in [1.807, 2.05) is 37.3 Å². The highest BCUT2D eigenvalue weighted by atomic mass is 79.9. The fourth-order valence-electron chi connectivity index (χ4n) is 1.77. The lowest BCUT2D eigenvalue weighted by atomic mass is 10.1. The van der Waals surface area contributed by atoms with E-state index in [9.17, 15) is 4.79 Å². The molecule has 0 spiro atoms. The molecule has 0 N–H and O–H groups in total. The van der Waals surface area contributed by atoms with Gasteiger partial charge in [0.05, 0.1) is 12.0 Å².